The van der Waals surface area contributed by atoms with E-state index < -0.39 is 11.4 Å². The summed E-state index contributed by atoms with van der Waals surface area (Å²) in [5.74, 6) is -0.603. The minimum absolute atomic E-state index is 0.458. The molecule has 1 aliphatic heterocycles. The first-order chi connectivity index (χ1) is 10.2. The highest BCUT2D eigenvalue weighted by Crippen LogP contribution is 2.35. The van der Waals surface area contributed by atoms with Crippen LogP contribution in [-0.2, 0) is 11.2 Å². The molecule has 0 amide bonds. The van der Waals surface area contributed by atoms with Crippen LogP contribution in [0.3, 0.4) is 0 Å². The third-order valence-corrected chi connectivity index (χ3v) is 4.98. The van der Waals surface area contributed by atoms with Crippen molar-refractivity contribution in [3.8, 4) is 0 Å². The number of hydrogen-bond acceptors (Lipinski definition) is 2. The van der Waals surface area contributed by atoms with E-state index in [1.54, 1.807) is 0 Å². The molecule has 1 fully saturated rings. The molecule has 1 aromatic rings. The van der Waals surface area contributed by atoms with Gasteiger partial charge in [-0.15, -0.1) is 0 Å². The molecule has 0 radical (unpaired) electrons. The van der Waals surface area contributed by atoms with E-state index in [4.69, 9.17) is 0 Å². The Morgan fingerprint density at radius 3 is 2.43 bits per heavy atom. The number of carboxylic acids is 1. The average molecular weight is 289 g/mol. The standard InChI is InChI=1S/C18H27NO2/c1-2-18(17(20)21)11-14-19(15-12-18)13-7-6-10-16-8-4-3-5-9-16/h3-5,8-9H,2,6-7,10-15H2,1H3,(H,20,21). The van der Waals surface area contributed by atoms with Crippen LogP contribution in [0.5, 0.6) is 0 Å². The molecule has 2 rings (SSSR count). The van der Waals surface area contributed by atoms with Crippen molar-refractivity contribution >= 4 is 5.97 Å². The number of aryl methyl sites for hydroxylation is 1. The quantitative estimate of drug-likeness (QED) is 0.780. The van der Waals surface area contributed by atoms with Gasteiger partial charge in [0, 0.05) is 0 Å². The van der Waals surface area contributed by atoms with E-state index in [-0.39, 0.29) is 0 Å². The van der Waals surface area contributed by atoms with Gasteiger partial charge in [-0.1, -0.05) is 37.3 Å². The van der Waals surface area contributed by atoms with E-state index in [1.165, 1.54) is 18.4 Å². The topological polar surface area (TPSA) is 40.5 Å². The highest BCUT2D eigenvalue weighted by Gasteiger charge is 2.39. The number of aliphatic carboxylic acids is 1. The number of carboxylic acid groups (broad SMARTS) is 1. The van der Waals surface area contributed by atoms with Gasteiger partial charge in [0.05, 0.1) is 5.41 Å². The number of likely N-dealkylation sites (tertiary alicyclic amines) is 1. The van der Waals surface area contributed by atoms with Crippen LogP contribution in [0.15, 0.2) is 30.3 Å². The Morgan fingerprint density at radius 1 is 1.19 bits per heavy atom. The first-order valence-electron chi connectivity index (χ1n) is 8.16. The summed E-state index contributed by atoms with van der Waals surface area (Å²) in [6.07, 6.45) is 5.90. The van der Waals surface area contributed by atoms with E-state index in [0.29, 0.717) is 0 Å². The number of benzene rings is 1. The van der Waals surface area contributed by atoms with Gasteiger partial charge in [-0.05, 0) is 63.7 Å². The lowest BCUT2D eigenvalue weighted by Crippen LogP contribution is -2.44. The Balaban J connectivity index is 1.66. The molecule has 0 atom stereocenters. The maximum absolute atomic E-state index is 11.4. The van der Waals surface area contributed by atoms with Gasteiger partial charge in [-0.2, -0.15) is 0 Å². The summed E-state index contributed by atoms with van der Waals surface area (Å²) in [5, 5.41) is 9.40. The number of rotatable bonds is 7. The smallest absolute Gasteiger partial charge is 0.309 e. The molecule has 0 aliphatic carbocycles. The third-order valence-electron chi connectivity index (χ3n) is 4.98. The number of hydrogen-bond donors (Lipinski definition) is 1. The molecule has 1 N–H and O–H groups in total. The molecule has 1 saturated heterocycles. The van der Waals surface area contributed by atoms with E-state index in [1.807, 2.05) is 6.92 Å². The van der Waals surface area contributed by atoms with E-state index in [2.05, 4.69) is 35.2 Å². The maximum atomic E-state index is 11.4. The molecular weight excluding hydrogens is 262 g/mol. The van der Waals surface area contributed by atoms with Crippen LogP contribution < -0.4 is 0 Å². The summed E-state index contributed by atoms with van der Waals surface area (Å²) in [6, 6.07) is 10.6. The SMILES string of the molecule is CCC1(C(=O)O)CCN(CCCCc2ccccc2)CC1. The molecule has 1 heterocycles. The van der Waals surface area contributed by atoms with Crippen molar-refractivity contribution in [1.82, 2.24) is 4.90 Å². The Kier molecular flexibility index (Phi) is 5.80. The van der Waals surface area contributed by atoms with Gasteiger partial charge in [-0.3, -0.25) is 4.79 Å². The lowest BCUT2D eigenvalue weighted by Gasteiger charge is -2.38. The lowest BCUT2D eigenvalue weighted by atomic mass is 9.76. The van der Waals surface area contributed by atoms with Crippen LogP contribution in [0, 0.1) is 5.41 Å². The molecule has 1 aliphatic rings. The predicted molar refractivity (Wildman–Crippen MR) is 85.4 cm³/mol. The Morgan fingerprint density at radius 2 is 1.86 bits per heavy atom. The molecule has 0 spiro atoms. The molecule has 3 heteroatoms. The Labute approximate surface area is 128 Å². The number of nitrogens with zero attached hydrogens (tertiary/aromatic N) is 1. The van der Waals surface area contributed by atoms with Crippen molar-refractivity contribution in [2.24, 2.45) is 5.41 Å². The summed E-state index contributed by atoms with van der Waals surface area (Å²) < 4.78 is 0. The van der Waals surface area contributed by atoms with Crippen molar-refractivity contribution in [2.75, 3.05) is 19.6 Å². The fourth-order valence-electron chi connectivity index (χ4n) is 3.23. The van der Waals surface area contributed by atoms with Crippen molar-refractivity contribution in [3.63, 3.8) is 0 Å². The fraction of sp³-hybridized carbons (Fsp3) is 0.611. The van der Waals surface area contributed by atoms with Crippen molar-refractivity contribution in [1.29, 1.82) is 0 Å². The summed E-state index contributed by atoms with van der Waals surface area (Å²) in [7, 11) is 0. The van der Waals surface area contributed by atoms with Gasteiger partial charge < -0.3 is 10.0 Å². The van der Waals surface area contributed by atoms with Crippen LogP contribution in [-0.4, -0.2) is 35.6 Å². The molecule has 0 unspecified atom stereocenters. The molecular formula is C18H27NO2. The van der Waals surface area contributed by atoms with Gasteiger partial charge in [0.2, 0.25) is 0 Å². The highest BCUT2D eigenvalue weighted by atomic mass is 16.4. The van der Waals surface area contributed by atoms with Crippen molar-refractivity contribution < 1.29 is 9.90 Å². The second-order valence-electron chi connectivity index (χ2n) is 6.22. The number of unbranched alkanes of at least 4 members (excludes halogenated alkanes) is 1. The minimum atomic E-state index is -0.603. The van der Waals surface area contributed by atoms with Crippen LogP contribution in [0.2, 0.25) is 0 Å². The van der Waals surface area contributed by atoms with Crippen LogP contribution in [0.4, 0.5) is 0 Å². The first-order valence-corrected chi connectivity index (χ1v) is 8.16. The number of carbonyl (C=O) groups is 1. The molecule has 116 valence electrons. The second-order valence-corrected chi connectivity index (χ2v) is 6.22. The highest BCUT2D eigenvalue weighted by molar-refractivity contribution is 5.74. The molecule has 1 aromatic carbocycles. The van der Waals surface area contributed by atoms with E-state index in [0.717, 1.165) is 45.3 Å². The first kappa shape index (κ1) is 16.0. The normalized spacial score (nSPS) is 18.5. The summed E-state index contributed by atoms with van der Waals surface area (Å²) >= 11 is 0. The van der Waals surface area contributed by atoms with Gasteiger partial charge in [-0.25, -0.2) is 0 Å². The fourth-order valence-corrected chi connectivity index (χ4v) is 3.23. The monoisotopic (exact) mass is 289 g/mol. The van der Waals surface area contributed by atoms with Crippen LogP contribution in [0.1, 0.15) is 44.6 Å². The van der Waals surface area contributed by atoms with Gasteiger partial charge in [0.25, 0.3) is 0 Å². The average Bonchev–Trinajstić information content (AvgIpc) is 2.53. The molecule has 3 nitrogen and oxygen atoms in total. The molecule has 0 saturated carbocycles. The van der Waals surface area contributed by atoms with Gasteiger partial charge in [0.1, 0.15) is 0 Å². The minimum Gasteiger partial charge on any atom is -0.481 e. The van der Waals surface area contributed by atoms with Crippen molar-refractivity contribution in [3.05, 3.63) is 35.9 Å². The van der Waals surface area contributed by atoms with E-state index >= 15 is 0 Å². The second kappa shape index (κ2) is 7.60. The zero-order valence-corrected chi connectivity index (χ0v) is 13.1. The Bertz CT molecular complexity index is 436. The molecule has 0 aromatic heterocycles. The maximum Gasteiger partial charge on any atom is 0.309 e. The zero-order chi connectivity index (χ0) is 15.1. The van der Waals surface area contributed by atoms with Gasteiger partial charge in [0.15, 0.2) is 0 Å². The molecule has 0 bridgehead atoms. The summed E-state index contributed by atoms with van der Waals surface area (Å²) in [6.45, 7) is 4.98. The van der Waals surface area contributed by atoms with Crippen LogP contribution in [0.25, 0.3) is 0 Å². The summed E-state index contributed by atoms with van der Waals surface area (Å²) in [5.41, 5.74) is 0.951. The molecule has 21 heavy (non-hydrogen) atoms. The Hall–Kier alpha value is -1.35. The van der Waals surface area contributed by atoms with Crippen LogP contribution >= 0.6 is 0 Å². The van der Waals surface area contributed by atoms with Crippen molar-refractivity contribution in [2.45, 2.75) is 45.4 Å². The van der Waals surface area contributed by atoms with Gasteiger partial charge >= 0.3 is 5.97 Å². The summed E-state index contributed by atoms with van der Waals surface area (Å²) in [4.78, 5) is 13.8. The predicted octanol–water partition coefficient (Wildman–Crippen LogP) is 3.59. The lowest BCUT2D eigenvalue weighted by molar-refractivity contribution is -0.152. The van der Waals surface area contributed by atoms with E-state index in [9.17, 15) is 9.90 Å². The third kappa shape index (κ3) is 4.31. The number of piperidine rings is 1. The zero-order valence-electron chi connectivity index (χ0n) is 13.1. The largest absolute Gasteiger partial charge is 0.481 e.